The summed E-state index contributed by atoms with van der Waals surface area (Å²) in [6.45, 7) is 4.00. The van der Waals surface area contributed by atoms with Crippen molar-refractivity contribution >= 4 is 27.4 Å². The number of hydrogen-bond acceptors (Lipinski definition) is 7. The maximum absolute atomic E-state index is 13.3. The number of para-hydroxylation sites is 1. The topological polar surface area (TPSA) is 85.9 Å². The summed E-state index contributed by atoms with van der Waals surface area (Å²) in [6.07, 6.45) is 4.23. The van der Waals surface area contributed by atoms with E-state index in [1.165, 1.54) is 0 Å². The number of benzene rings is 1. The Morgan fingerprint density at radius 1 is 1.17 bits per heavy atom. The second-order valence-electron chi connectivity index (χ2n) is 8.43. The van der Waals surface area contributed by atoms with Crippen LogP contribution in [0.15, 0.2) is 29.1 Å². The van der Waals surface area contributed by atoms with Crippen LogP contribution >= 0.6 is 11.3 Å². The standard InChI is InChI=1S/C22H28N6OS/c1-28-11-8-14(9-12-28)19-26-20(24-15-5-4-10-23-13-15)18(21(29)27-19)22-25-16-6-2-3-7-17(16)30-22/h2-3,6-7,14-15,23H,4-5,8-13H2,1H3,(H2,24,26,27,29). The number of aromatic nitrogens is 3. The number of nitrogens with zero attached hydrogens (tertiary/aromatic N) is 3. The molecule has 0 saturated carbocycles. The molecule has 1 unspecified atom stereocenters. The van der Waals surface area contributed by atoms with E-state index in [1.54, 1.807) is 11.3 Å². The molecular weight excluding hydrogens is 396 g/mol. The fourth-order valence-corrected chi connectivity index (χ4v) is 5.42. The lowest BCUT2D eigenvalue weighted by Crippen LogP contribution is -2.39. The molecule has 0 radical (unpaired) electrons. The van der Waals surface area contributed by atoms with Crippen molar-refractivity contribution in [2.75, 3.05) is 38.5 Å². The number of aromatic amines is 1. The molecule has 3 aromatic rings. The number of likely N-dealkylation sites (tertiary alicyclic amines) is 1. The van der Waals surface area contributed by atoms with E-state index >= 15 is 0 Å². The number of H-pyrrole nitrogens is 1. The molecular formula is C22H28N6OS. The van der Waals surface area contributed by atoms with Gasteiger partial charge in [-0.1, -0.05) is 12.1 Å². The molecule has 4 heterocycles. The van der Waals surface area contributed by atoms with Crippen molar-refractivity contribution in [3.8, 4) is 10.6 Å². The van der Waals surface area contributed by atoms with Crippen LogP contribution in [0.3, 0.4) is 0 Å². The molecule has 2 aliphatic rings. The molecule has 3 N–H and O–H groups in total. The fraction of sp³-hybridized carbons (Fsp3) is 0.500. The zero-order chi connectivity index (χ0) is 20.5. The maximum atomic E-state index is 13.3. The lowest BCUT2D eigenvalue weighted by atomic mass is 9.96. The molecule has 0 amide bonds. The molecule has 2 fully saturated rings. The van der Waals surface area contributed by atoms with Gasteiger partial charge in [0.05, 0.1) is 10.2 Å². The maximum Gasteiger partial charge on any atom is 0.263 e. The molecule has 30 heavy (non-hydrogen) atoms. The Kier molecular flexibility index (Phi) is 5.54. The van der Waals surface area contributed by atoms with Gasteiger partial charge >= 0.3 is 0 Å². The summed E-state index contributed by atoms with van der Waals surface area (Å²) in [7, 11) is 2.14. The van der Waals surface area contributed by atoms with E-state index in [1.807, 2.05) is 24.3 Å². The summed E-state index contributed by atoms with van der Waals surface area (Å²) >= 11 is 1.55. The zero-order valence-electron chi connectivity index (χ0n) is 17.3. The van der Waals surface area contributed by atoms with Gasteiger partial charge in [0.1, 0.15) is 22.2 Å². The quantitative estimate of drug-likeness (QED) is 0.597. The largest absolute Gasteiger partial charge is 0.365 e. The van der Waals surface area contributed by atoms with Gasteiger partial charge in [0.15, 0.2) is 0 Å². The lowest BCUT2D eigenvalue weighted by molar-refractivity contribution is 0.251. The monoisotopic (exact) mass is 424 g/mol. The molecule has 7 nitrogen and oxygen atoms in total. The van der Waals surface area contributed by atoms with E-state index in [9.17, 15) is 4.79 Å². The highest BCUT2D eigenvalue weighted by Crippen LogP contribution is 2.33. The van der Waals surface area contributed by atoms with E-state index in [0.717, 1.165) is 72.9 Å². The molecule has 5 rings (SSSR count). The van der Waals surface area contributed by atoms with Gasteiger partial charge in [0.25, 0.3) is 5.56 Å². The van der Waals surface area contributed by atoms with Crippen molar-refractivity contribution < 1.29 is 0 Å². The van der Waals surface area contributed by atoms with Gasteiger partial charge in [-0.25, -0.2) is 9.97 Å². The highest BCUT2D eigenvalue weighted by molar-refractivity contribution is 7.21. The number of anilines is 1. The lowest BCUT2D eigenvalue weighted by Gasteiger charge is -2.29. The molecule has 1 atom stereocenters. The average molecular weight is 425 g/mol. The van der Waals surface area contributed by atoms with Crippen molar-refractivity contribution in [1.82, 2.24) is 25.2 Å². The predicted molar refractivity (Wildman–Crippen MR) is 122 cm³/mol. The summed E-state index contributed by atoms with van der Waals surface area (Å²) in [4.78, 5) is 28.5. The minimum absolute atomic E-state index is 0.0933. The van der Waals surface area contributed by atoms with Crippen molar-refractivity contribution in [2.24, 2.45) is 0 Å². The van der Waals surface area contributed by atoms with E-state index in [4.69, 9.17) is 9.97 Å². The Bertz CT molecular complexity index is 1050. The number of hydrogen-bond donors (Lipinski definition) is 3. The number of nitrogens with one attached hydrogen (secondary N) is 3. The third-order valence-corrected chi connectivity index (χ3v) is 7.24. The second-order valence-corrected chi connectivity index (χ2v) is 9.46. The Balaban J connectivity index is 1.56. The fourth-order valence-electron chi connectivity index (χ4n) is 4.42. The van der Waals surface area contributed by atoms with Crippen LogP contribution in [-0.4, -0.2) is 59.1 Å². The highest BCUT2D eigenvalue weighted by Gasteiger charge is 2.25. The summed E-state index contributed by atoms with van der Waals surface area (Å²) in [5.41, 5.74) is 1.39. The third kappa shape index (κ3) is 3.99. The summed E-state index contributed by atoms with van der Waals surface area (Å²) in [5.74, 6) is 1.79. The molecule has 2 aromatic heterocycles. The van der Waals surface area contributed by atoms with Crippen LogP contribution in [0, 0.1) is 0 Å². The normalized spacial score (nSPS) is 21.2. The van der Waals surface area contributed by atoms with Gasteiger partial charge in [-0.15, -0.1) is 11.3 Å². The first kappa shape index (κ1) is 19.7. The first-order valence-electron chi connectivity index (χ1n) is 10.8. The van der Waals surface area contributed by atoms with Crippen LogP contribution in [0.25, 0.3) is 20.8 Å². The van der Waals surface area contributed by atoms with Gasteiger partial charge in [-0.2, -0.15) is 0 Å². The minimum atomic E-state index is -0.0933. The molecule has 0 bridgehead atoms. The molecule has 8 heteroatoms. The number of fused-ring (bicyclic) bond motifs is 1. The summed E-state index contributed by atoms with van der Waals surface area (Å²) in [6, 6.07) is 8.28. The number of rotatable bonds is 4. The van der Waals surface area contributed by atoms with E-state index in [0.29, 0.717) is 17.3 Å². The van der Waals surface area contributed by atoms with Gasteiger partial charge in [-0.05, 0) is 64.5 Å². The zero-order valence-corrected chi connectivity index (χ0v) is 18.1. The molecule has 0 aliphatic carbocycles. The van der Waals surface area contributed by atoms with Crippen molar-refractivity contribution in [3.63, 3.8) is 0 Å². The number of piperidine rings is 2. The van der Waals surface area contributed by atoms with Crippen LogP contribution < -0.4 is 16.2 Å². The predicted octanol–water partition coefficient (Wildman–Crippen LogP) is 3.02. The second kappa shape index (κ2) is 8.45. The van der Waals surface area contributed by atoms with Crippen molar-refractivity contribution in [2.45, 2.75) is 37.6 Å². The minimum Gasteiger partial charge on any atom is -0.365 e. The van der Waals surface area contributed by atoms with Crippen LogP contribution in [-0.2, 0) is 0 Å². The van der Waals surface area contributed by atoms with Gasteiger partial charge in [0, 0.05) is 18.5 Å². The van der Waals surface area contributed by atoms with E-state index in [-0.39, 0.29) is 11.6 Å². The summed E-state index contributed by atoms with van der Waals surface area (Å²) < 4.78 is 1.08. The Hall–Kier alpha value is -2.29. The Morgan fingerprint density at radius 3 is 2.77 bits per heavy atom. The Morgan fingerprint density at radius 2 is 2.00 bits per heavy atom. The molecule has 158 valence electrons. The van der Waals surface area contributed by atoms with Crippen LogP contribution in [0.5, 0.6) is 0 Å². The SMILES string of the molecule is CN1CCC(c2nc(NC3CCCNC3)c(-c3nc4ccccc4s3)c(=O)[nH]2)CC1. The van der Waals surface area contributed by atoms with Crippen LogP contribution in [0.4, 0.5) is 5.82 Å². The molecule has 2 aliphatic heterocycles. The van der Waals surface area contributed by atoms with Crippen LogP contribution in [0.2, 0.25) is 0 Å². The van der Waals surface area contributed by atoms with Gasteiger partial charge < -0.3 is 20.5 Å². The average Bonchev–Trinajstić information content (AvgIpc) is 3.18. The van der Waals surface area contributed by atoms with E-state index < -0.39 is 0 Å². The van der Waals surface area contributed by atoms with Crippen LogP contribution in [0.1, 0.15) is 37.4 Å². The van der Waals surface area contributed by atoms with Gasteiger partial charge in [-0.3, -0.25) is 4.79 Å². The number of thiazole rings is 1. The third-order valence-electron chi connectivity index (χ3n) is 6.19. The van der Waals surface area contributed by atoms with Crippen molar-refractivity contribution in [1.29, 1.82) is 0 Å². The van der Waals surface area contributed by atoms with E-state index in [2.05, 4.69) is 27.6 Å². The van der Waals surface area contributed by atoms with Gasteiger partial charge in [0.2, 0.25) is 0 Å². The Labute approximate surface area is 179 Å². The molecule has 0 spiro atoms. The first-order chi connectivity index (χ1) is 14.7. The van der Waals surface area contributed by atoms with Crippen molar-refractivity contribution in [3.05, 3.63) is 40.4 Å². The molecule has 1 aromatic carbocycles. The first-order valence-corrected chi connectivity index (χ1v) is 11.6. The molecule has 2 saturated heterocycles. The summed E-state index contributed by atoms with van der Waals surface area (Å²) in [5, 5.41) is 7.75. The highest BCUT2D eigenvalue weighted by atomic mass is 32.1. The smallest absolute Gasteiger partial charge is 0.263 e.